The summed E-state index contributed by atoms with van der Waals surface area (Å²) in [5, 5.41) is 3.48. The predicted molar refractivity (Wildman–Crippen MR) is 87.2 cm³/mol. The second-order valence-corrected chi connectivity index (χ2v) is 6.19. The minimum Gasteiger partial charge on any atom is -0.454 e. The number of halogens is 1. The van der Waals surface area contributed by atoms with Crippen LogP contribution in [0.5, 0.6) is 0 Å². The molecule has 0 amide bonds. The number of nitrogens with one attached hydrogen (secondary N) is 1. The molecule has 2 nitrogen and oxygen atoms in total. The topological polar surface area (TPSA) is 25.2 Å². The SMILES string of the molecule is CC(C)c1ccc(C(C)NCc2ccc(I)o2)cc1. The molecule has 1 heterocycles. The normalized spacial score (nSPS) is 12.9. The molecule has 3 heteroatoms. The molecule has 1 unspecified atom stereocenters. The summed E-state index contributed by atoms with van der Waals surface area (Å²) in [5.41, 5.74) is 2.70. The lowest BCUT2D eigenvalue weighted by Gasteiger charge is -2.14. The van der Waals surface area contributed by atoms with Crippen molar-refractivity contribution in [3.05, 3.63) is 57.1 Å². The Bertz CT molecular complexity index is 516. The molecule has 2 rings (SSSR count). The summed E-state index contributed by atoms with van der Waals surface area (Å²) in [5.74, 6) is 1.57. The van der Waals surface area contributed by atoms with Gasteiger partial charge in [0.25, 0.3) is 0 Å². The molecule has 1 N–H and O–H groups in total. The summed E-state index contributed by atoms with van der Waals surface area (Å²) < 4.78 is 6.48. The highest BCUT2D eigenvalue weighted by Gasteiger charge is 2.07. The van der Waals surface area contributed by atoms with Crippen LogP contribution >= 0.6 is 22.6 Å². The Morgan fingerprint density at radius 3 is 2.16 bits per heavy atom. The van der Waals surface area contributed by atoms with Crippen LogP contribution in [0.2, 0.25) is 0 Å². The molecule has 0 saturated heterocycles. The second-order valence-electron chi connectivity index (χ2n) is 5.13. The van der Waals surface area contributed by atoms with Gasteiger partial charge in [0.2, 0.25) is 0 Å². The van der Waals surface area contributed by atoms with Gasteiger partial charge in [-0.25, -0.2) is 0 Å². The highest BCUT2D eigenvalue weighted by Crippen LogP contribution is 2.19. The van der Waals surface area contributed by atoms with Crippen LogP contribution in [0.4, 0.5) is 0 Å². The molecule has 0 bridgehead atoms. The van der Waals surface area contributed by atoms with Crippen LogP contribution in [0.25, 0.3) is 0 Å². The Morgan fingerprint density at radius 1 is 1.00 bits per heavy atom. The summed E-state index contributed by atoms with van der Waals surface area (Å²) in [6, 6.07) is 13.2. The first-order valence-electron chi connectivity index (χ1n) is 6.63. The van der Waals surface area contributed by atoms with Gasteiger partial charge in [0.15, 0.2) is 3.77 Å². The fourth-order valence-electron chi connectivity index (χ4n) is 1.99. The number of hydrogen-bond donors (Lipinski definition) is 1. The third-order valence-electron chi connectivity index (χ3n) is 3.31. The molecule has 0 spiro atoms. The quantitative estimate of drug-likeness (QED) is 0.762. The Kier molecular flexibility index (Phi) is 5.05. The fraction of sp³-hybridized carbons (Fsp3) is 0.375. The van der Waals surface area contributed by atoms with Gasteiger partial charge < -0.3 is 9.73 Å². The highest BCUT2D eigenvalue weighted by molar-refractivity contribution is 14.1. The van der Waals surface area contributed by atoms with Crippen molar-refractivity contribution in [1.82, 2.24) is 5.32 Å². The molecule has 0 radical (unpaired) electrons. The predicted octanol–water partition coefficient (Wildman–Crippen LogP) is 4.86. The van der Waals surface area contributed by atoms with Gasteiger partial charge in [0.1, 0.15) is 5.76 Å². The molecule has 0 saturated carbocycles. The van der Waals surface area contributed by atoms with Gasteiger partial charge in [-0.05, 0) is 58.7 Å². The van der Waals surface area contributed by atoms with E-state index in [0.29, 0.717) is 12.0 Å². The van der Waals surface area contributed by atoms with Crippen LogP contribution in [0.15, 0.2) is 40.8 Å². The van der Waals surface area contributed by atoms with Gasteiger partial charge in [-0.3, -0.25) is 0 Å². The van der Waals surface area contributed by atoms with Crippen molar-refractivity contribution in [2.24, 2.45) is 0 Å². The van der Waals surface area contributed by atoms with Crippen LogP contribution in [0, 0.1) is 3.77 Å². The Morgan fingerprint density at radius 2 is 1.63 bits per heavy atom. The van der Waals surface area contributed by atoms with Gasteiger partial charge in [-0.2, -0.15) is 0 Å². The summed E-state index contributed by atoms with van der Waals surface area (Å²) in [4.78, 5) is 0. The lowest BCUT2D eigenvalue weighted by Crippen LogP contribution is -2.17. The summed E-state index contributed by atoms with van der Waals surface area (Å²) >= 11 is 2.18. The lowest BCUT2D eigenvalue weighted by molar-refractivity contribution is 0.445. The van der Waals surface area contributed by atoms with Crippen molar-refractivity contribution in [1.29, 1.82) is 0 Å². The van der Waals surface area contributed by atoms with Crippen molar-refractivity contribution >= 4 is 22.6 Å². The summed E-state index contributed by atoms with van der Waals surface area (Å²) in [6.07, 6.45) is 0. The van der Waals surface area contributed by atoms with Crippen molar-refractivity contribution in [3.8, 4) is 0 Å². The van der Waals surface area contributed by atoms with E-state index in [9.17, 15) is 0 Å². The zero-order valence-electron chi connectivity index (χ0n) is 11.6. The number of rotatable bonds is 5. The van der Waals surface area contributed by atoms with E-state index in [1.807, 2.05) is 12.1 Å². The smallest absolute Gasteiger partial charge is 0.164 e. The third-order valence-corrected chi connectivity index (χ3v) is 3.89. The molecular weight excluding hydrogens is 349 g/mol. The average molecular weight is 369 g/mol. The summed E-state index contributed by atoms with van der Waals surface area (Å²) in [6.45, 7) is 7.37. The summed E-state index contributed by atoms with van der Waals surface area (Å²) in [7, 11) is 0. The second kappa shape index (κ2) is 6.57. The number of hydrogen-bond acceptors (Lipinski definition) is 2. The van der Waals surface area contributed by atoms with E-state index < -0.39 is 0 Å². The van der Waals surface area contributed by atoms with Crippen molar-refractivity contribution in [2.75, 3.05) is 0 Å². The van der Waals surface area contributed by atoms with E-state index in [2.05, 4.69) is 72.9 Å². The standard InChI is InChI=1S/C16H20INO/c1-11(2)13-4-6-14(7-5-13)12(3)18-10-15-8-9-16(17)19-15/h4-9,11-12,18H,10H2,1-3H3. The Labute approximate surface area is 128 Å². The van der Waals surface area contributed by atoms with Gasteiger partial charge in [-0.1, -0.05) is 38.1 Å². The van der Waals surface area contributed by atoms with Crippen LogP contribution in [0.3, 0.4) is 0 Å². The molecule has 1 aromatic carbocycles. The zero-order chi connectivity index (χ0) is 13.8. The first kappa shape index (κ1) is 14.6. The van der Waals surface area contributed by atoms with E-state index in [-0.39, 0.29) is 0 Å². The molecule has 0 fully saturated rings. The maximum atomic E-state index is 5.54. The first-order chi connectivity index (χ1) is 9.06. The Balaban J connectivity index is 1.94. The molecule has 102 valence electrons. The average Bonchev–Trinajstić information content (AvgIpc) is 2.82. The molecule has 1 aromatic heterocycles. The van der Waals surface area contributed by atoms with Crippen molar-refractivity contribution in [2.45, 2.75) is 39.3 Å². The molecule has 0 aliphatic carbocycles. The minimum atomic E-state index is 0.323. The van der Waals surface area contributed by atoms with Gasteiger partial charge in [0.05, 0.1) is 6.54 Å². The maximum Gasteiger partial charge on any atom is 0.164 e. The zero-order valence-corrected chi connectivity index (χ0v) is 13.8. The van der Waals surface area contributed by atoms with Crippen molar-refractivity contribution < 1.29 is 4.42 Å². The molecule has 0 aliphatic rings. The molecule has 1 atom stereocenters. The van der Waals surface area contributed by atoms with Crippen LogP contribution in [-0.2, 0) is 6.54 Å². The van der Waals surface area contributed by atoms with Crippen molar-refractivity contribution in [3.63, 3.8) is 0 Å². The van der Waals surface area contributed by atoms with Crippen LogP contribution < -0.4 is 5.32 Å². The molecule has 0 aliphatic heterocycles. The molecular formula is C16H20INO. The number of furan rings is 1. The van der Waals surface area contributed by atoms with E-state index >= 15 is 0 Å². The Hall–Kier alpha value is -0.810. The fourth-order valence-corrected chi connectivity index (χ4v) is 2.45. The van der Waals surface area contributed by atoms with Gasteiger partial charge in [0, 0.05) is 6.04 Å². The minimum absolute atomic E-state index is 0.323. The van der Waals surface area contributed by atoms with Crippen LogP contribution in [-0.4, -0.2) is 0 Å². The monoisotopic (exact) mass is 369 g/mol. The molecule has 2 aromatic rings. The molecule has 19 heavy (non-hydrogen) atoms. The highest BCUT2D eigenvalue weighted by atomic mass is 127. The number of benzene rings is 1. The maximum absolute atomic E-state index is 5.54. The first-order valence-corrected chi connectivity index (χ1v) is 7.71. The van der Waals surface area contributed by atoms with Gasteiger partial charge in [-0.15, -0.1) is 0 Å². The van der Waals surface area contributed by atoms with Crippen LogP contribution in [0.1, 0.15) is 49.6 Å². The van der Waals surface area contributed by atoms with E-state index in [1.165, 1.54) is 11.1 Å². The van der Waals surface area contributed by atoms with E-state index in [4.69, 9.17) is 4.42 Å². The van der Waals surface area contributed by atoms with Gasteiger partial charge >= 0.3 is 0 Å². The van der Waals surface area contributed by atoms with E-state index in [0.717, 1.165) is 16.1 Å². The third kappa shape index (κ3) is 4.08. The largest absolute Gasteiger partial charge is 0.454 e. The van der Waals surface area contributed by atoms with E-state index in [1.54, 1.807) is 0 Å². The lowest BCUT2D eigenvalue weighted by atomic mass is 9.99.